The lowest BCUT2D eigenvalue weighted by Gasteiger charge is -2.11. The van der Waals surface area contributed by atoms with Crippen LogP contribution >= 0.6 is 11.6 Å². The Morgan fingerprint density at radius 1 is 1.53 bits per heavy atom. The average molecular weight is 259 g/mol. The molecule has 1 unspecified atom stereocenters. The first kappa shape index (κ1) is 14.2. The van der Waals surface area contributed by atoms with Crippen molar-refractivity contribution < 1.29 is 9.53 Å². The summed E-state index contributed by atoms with van der Waals surface area (Å²) in [5, 5.41) is 4.87. The van der Waals surface area contributed by atoms with Crippen molar-refractivity contribution in [2.24, 2.45) is 0 Å². The molecule has 0 aromatic carbocycles. The van der Waals surface area contributed by atoms with Crippen LogP contribution in [-0.2, 0) is 22.5 Å². The van der Waals surface area contributed by atoms with Crippen molar-refractivity contribution in [3.05, 3.63) is 16.4 Å². The summed E-state index contributed by atoms with van der Waals surface area (Å²) < 4.78 is 7.05. The van der Waals surface area contributed by atoms with Crippen LogP contribution < -0.4 is 0 Å². The molecule has 0 fully saturated rings. The molecule has 96 valence electrons. The molecule has 0 bridgehead atoms. The number of aryl methyl sites for hydroxylation is 2. The standard InChI is InChI=1S/C12H19ClN2O2/c1-5-15-10(12(13)8(3)14-15)7-11(16)9(4)17-6-2/h9H,5-7H2,1-4H3. The fourth-order valence-corrected chi connectivity index (χ4v) is 1.89. The zero-order valence-electron chi connectivity index (χ0n) is 10.8. The second-order valence-electron chi connectivity index (χ2n) is 3.90. The van der Waals surface area contributed by atoms with Crippen LogP contribution in [0.1, 0.15) is 32.2 Å². The van der Waals surface area contributed by atoms with Crippen molar-refractivity contribution in [1.82, 2.24) is 9.78 Å². The smallest absolute Gasteiger partial charge is 0.167 e. The summed E-state index contributed by atoms with van der Waals surface area (Å²) >= 11 is 6.14. The molecular weight excluding hydrogens is 240 g/mol. The Bertz CT molecular complexity index is 401. The number of carbonyl (C=O) groups excluding carboxylic acids is 1. The number of aromatic nitrogens is 2. The number of ether oxygens (including phenoxy) is 1. The van der Waals surface area contributed by atoms with Crippen molar-refractivity contribution in [2.75, 3.05) is 6.61 Å². The van der Waals surface area contributed by atoms with Gasteiger partial charge in [0, 0.05) is 13.2 Å². The third-order valence-electron chi connectivity index (χ3n) is 2.66. The maximum atomic E-state index is 11.9. The number of halogens is 1. The van der Waals surface area contributed by atoms with Gasteiger partial charge in [-0.25, -0.2) is 0 Å². The molecule has 1 atom stereocenters. The average Bonchev–Trinajstić information content (AvgIpc) is 2.57. The maximum absolute atomic E-state index is 11.9. The fraction of sp³-hybridized carbons (Fsp3) is 0.667. The third-order valence-corrected chi connectivity index (χ3v) is 3.16. The normalized spacial score (nSPS) is 12.8. The highest BCUT2D eigenvalue weighted by molar-refractivity contribution is 6.32. The van der Waals surface area contributed by atoms with Crippen molar-refractivity contribution in [3.8, 4) is 0 Å². The zero-order valence-corrected chi connectivity index (χ0v) is 11.5. The van der Waals surface area contributed by atoms with E-state index in [4.69, 9.17) is 16.3 Å². The molecule has 1 heterocycles. The molecule has 0 aliphatic carbocycles. The summed E-state index contributed by atoms with van der Waals surface area (Å²) in [5.41, 5.74) is 1.54. The SMILES string of the molecule is CCOC(C)C(=O)Cc1c(Cl)c(C)nn1CC. The van der Waals surface area contributed by atoms with Crippen LogP contribution in [-0.4, -0.2) is 28.3 Å². The molecule has 0 saturated carbocycles. The van der Waals surface area contributed by atoms with Gasteiger partial charge in [0.15, 0.2) is 5.78 Å². The van der Waals surface area contributed by atoms with E-state index in [1.165, 1.54) is 0 Å². The molecule has 4 nitrogen and oxygen atoms in total. The Kier molecular flexibility index (Phi) is 5.15. The van der Waals surface area contributed by atoms with E-state index < -0.39 is 6.10 Å². The van der Waals surface area contributed by atoms with Crippen molar-refractivity contribution in [2.45, 2.75) is 46.8 Å². The summed E-state index contributed by atoms with van der Waals surface area (Å²) in [6.45, 7) is 8.69. The Labute approximate surface area is 107 Å². The number of nitrogens with zero attached hydrogens (tertiary/aromatic N) is 2. The lowest BCUT2D eigenvalue weighted by molar-refractivity contribution is -0.128. The van der Waals surface area contributed by atoms with E-state index in [1.54, 1.807) is 11.6 Å². The molecule has 0 amide bonds. The molecule has 5 heteroatoms. The van der Waals surface area contributed by atoms with Gasteiger partial charge < -0.3 is 4.74 Å². The van der Waals surface area contributed by atoms with E-state index in [0.717, 1.165) is 11.4 Å². The van der Waals surface area contributed by atoms with Gasteiger partial charge in [-0.3, -0.25) is 9.48 Å². The Balaban J connectivity index is 2.84. The number of hydrogen-bond acceptors (Lipinski definition) is 3. The van der Waals surface area contributed by atoms with E-state index in [2.05, 4.69) is 5.10 Å². The van der Waals surface area contributed by atoms with Crippen molar-refractivity contribution >= 4 is 17.4 Å². The first-order valence-electron chi connectivity index (χ1n) is 5.87. The second kappa shape index (κ2) is 6.17. The van der Waals surface area contributed by atoms with E-state index in [1.807, 2.05) is 20.8 Å². The van der Waals surface area contributed by atoms with Gasteiger partial charge in [0.05, 0.1) is 22.8 Å². The third kappa shape index (κ3) is 3.30. The van der Waals surface area contributed by atoms with Gasteiger partial charge in [0.25, 0.3) is 0 Å². The van der Waals surface area contributed by atoms with Gasteiger partial charge >= 0.3 is 0 Å². The molecule has 0 saturated heterocycles. The first-order chi connectivity index (χ1) is 8.01. The molecular formula is C12H19ClN2O2. The molecule has 17 heavy (non-hydrogen) atoms. The highest BCUT2D eigenvalue weighted by Gasteiger charge is 2.19. The molecule has 0 aliphatic rings. The predicted octanol–water partition coefficient (Wildman–Crippen LogP) is 2.40. The highest BCUT2D eigenvalue weighted by atomic mass is 35.5. The van der Waals surface area contributed by atoms with Crippen molar-refractivity contribution in [3.63, 3.8) is 0 Å². The topological polar surface area (TPSA) is 44.1 Å². The zero-order chi connectivity index (χ0) is 13.0. The number of Topliss-reactive ketones (excluding diaryl/α,β-unsaturated/α-hetero) is 1. The summed E-state index contributed by atoms with van der Waals surface area (Å²) in [7, 11) is 0. The Morgan fingerprint density at radius 3 is 2.71 bits per heavy atom. The van der Waals surface area contributed by atoms with Crippen LogP contribution in [0.4, 0.5) is 0 Å². The minimum atomic E-state index is -0.392. The summed E-state index contributed by atoms with van der Waals surface area (Å²) in [6.07, 6.45) is -0.120. The second-order valence-corrected chi connectivity index (χ2v) is 4.28. The lowest BCUT2D eigenvalue weighted by Crippen LogP contribution is -2.24. The van der Waals surface area contributed by atoms with Gasteiger partial charge in [-0.15, -0.1) is 0 Å². The summed E-state index contributed by atoms with van der Waals surface area (Å²) in [5.74, 6) is 0.0309. The lowest BCUT2D eigenvalue weighted by atomic mass is 10.1. The fourth-order valence-electron chi connectivity index (χ4n) is 1.69. The van der Waals surface area contributed by atoms with Gasteiger partial charge in [-0.1, -0.05) is 11.6 Å². The van der Waals surface area contributed by atoms with Crippen LogP contribution in [0, 0.1) is 6.92 Å². The van der Waals surface area contributed by atoms with Crippen LogP contribution in [0.3, 0.4) is 0 Å². The Hall–Kier alpha value is -0.870. The number of hydrogen-bond donors (Lipinski definition) is 0. The van der Waals surface area contributed by atoms with Crippen LogP contribution in [0.5, 0.6) is 0 Å². The molecule has 1 aromatic rings. The quantitative estimate of drug-likeness (QED) is 0.787. The van der Waals surface area contributed by atoms with E-state index in [0.29, 0.717) is 18.2 Å². The molecule has 0 spiro atoms. The van der Waals surface area contributed by atoms with Gasteiger partial charge in [0.1, 0.15) is 6.10 Å². The van der Waals surface area contributed by atoms with E-state index >= 15 is 0 Å². The van der Waals surface area contributed by atoms with E-state index in [9.17, 15) is 4.79 Å². The minimum absolute atomic E-state index is 0.0309. The van der Waals surface area contributed by atoms with Crippen LogP contribution in [0.25, 0.3) is 0 Å². The number of rotatable bonds is 6. The molecule has 0 aliphatic heterocycles. The van der Waals surface area contributed by atoms with Gasteiger partial charge in [0.2, 0.25) is 0 Å². The van der Waals surface area contributed by atoms with Gasteiger partial charge in [-0.05, 0) is 27.7 Å². The maximum Gasteiger partial charge on any atom is 0.167 e. The Morgan fingerprint density at radius 2 is 2.18 bits per heavy atom. The monoisotopic (exact) mass is 258 g/mol. The predicted molar refractivity (Wildman–Crippen MR) is 67.4 cm³/mol. The summed E-state index contributed by atoms with van der Waals surface area (Å²) in [4.78, 5) is 11.9. The van der Waals surface area contributed by atoms with Crippen LogP contribution in [0.15, 0.2) is 0 Å². The first-order valence-corrected chi connectivity index (χ1v) is 6.25. The van der Waals surface area contributed by atoms with Crippen LogP contribution in [0.2, 0.25) is 5.02 Å². The largest absolute Gasteiger partial charge is 0.371 e. The molecule has 0 N–H and O–H groups in total. The molecule has 1 aromatic heterocycles. The molecule has 0 radical (unpaired) electrons. The molecule has 1 rings (SSSR count). The van der Waals surface area contributed by atoms with Crippen molar-refractivity contribution in [1.29, 1.82) is 0 Å². The number of ketones is 1. The highest BCUT2D eigenvalue weighted by Crippen LogP contribution is 2.21. The summed E-state index contributed by atoms with van der Waals surface area (Å²) in [6, 6.07) is 0. The van der Waals surface area contributed by atoms with Gasteiger partial charge in [-0.2, -0.15) is 5.10 Å². The minimum Gasteiger partial charge on any atom is -0.371 e. The number of carbonyl (C=O) groups is 1. The van der Waals surface area contributed by atoms with E-state index in [-0.39, 0.29) is 12.2 Å².